The van der Waals surface area contributed by atoms with Gasteiger partial charge in [-0.25, -0.2) is 14.9 Å². The minimum absolute atomic E-state index is 0.265. The molecule has 0 fully saturated rings. The van der Waals surface area contributed by atoms with Crippen LogP contribution in [0.3, 0.4) is 0 Å². The lowest BCUT2D eigenvalue weighted by Gasteiger charge is -2.09. The number of carbonyl (C=O) groups is 1. The summed E-state index contributed by atoms with van der Waals surface area (Å²) in [5, 5.41) is 15.6. The second-order valence-electron chi connectivity index (χ2n) is 6.23. The molecule has 0 bridgehead atoms. The quantitative estimate of drug-likeness (QED) is 0.583. The number of aromatic nitrogens is 4. The Morgan fingerprint density at radius 1 is 1.15 bits per heavy atom. The number of rotatable bonds is 4. The van der Waals surface area contributed by atoms with E-state index in [0.717, 1.165) is 17.0 Å². The van der Waals surface area contributed by atoms with E-state index in [4.69, 9.17) is 0 Å². The van der Waals surface area contributed by atoms with Crippen molar-refractivity contribution in [3.8, 4) is 11.1 Å². The molecule has 4 aromatic rings. The van der Waals surface area contributed by atoms with Crippen LogP contribution in [-0.4, -0.2) is 30.8 Å². The number of nitrogens with one attached hydrogen (secondary N) is 1. The summed E-state index contributed by atoms with van der Waals surface area (Å²) in [5.74, 6) is -0.230. The van der Waals surface area contributed by atoms with Crippen LogP contribution in [0, 0.1) is 6.92 Å². The number of H-pyrrole nitrogens is 1. The van der Waals surface area contributed by atoms with Gasteiger partial charge in [0, 0.05) is 6.54 Å². The van der Waals surface area contributed by atoms with Crippen molar-refractivity contribution in [2.75, 3.05) is 0 Å². The van der Waals surface area contributed by atoms with E-state index in [0.29, 0.717) is 23.1 Å². The fraction of sp³-hybridized carbons (Fsp3) is 0.100. The molecule has 7 heteroatoms. The van der Waals surface area contributed by atoms with Crippen molar-refractivity contribution in [2.45, 2.75) is 13.5 Å². The molecule has 0 aliphatic rings. The van der Waals surface area contributed by atoms with Gasteiger partial charge < -0.3 is 9.67 Å². The van der Waals surface area contributed by atoms with Gasteiger partial charge in [0.05, 0.1) is 11.8 Å². The molecule has 2 aromatic heterocycles. The zero-order chi connectivity index (χ0) is 19.0. The maximum absolute atomic E-state index is 12.1. The van der Waals surface area contributed by atoms with Crippen LogP contribution in [0.4, 0.5) is 0 Å². The third-order valence-electron chi connectivity index (χ3n) is 4.52. The lowest BCUT2D eigenvalue weighted by atomic mass is 9.99. The molecule has 0 aliphatic carbocycles. The molecular formula is C20H16N4O3. The number of aromatic carboxylic acids is 1. The van der Waals surface area contributed by atoms with Crippen LogP contribution in [0.5, 0.6) is 0 Å². The molecule has 2 N–H and O–H groups in total. The van der Waals surface area contributed by atoms with Crippen molar-refractivity contribution >= 4 is 17.0 Å². The Hall–Kier alpha value is -3.74. The van der Waals surface area contributed by atoms with Crippen LogP contribution >= 0.6 is 0 Å². The Morgan fingerprint density at radius 2 is 1.89 bits per heavy atom. The average molecular weight is 360 g/mol. The van der Waals surface area contributed by atoms with E-state index in [1.54, 1.807) is 18.2 Å². The van der Waals surface area contributed by atoms with Crippen LogP contribution < -0.4 is 5.56 Å². The molecule has 27 heavy (non-hydrogen) atoms. The number of imidazole rings is 1. The normalized spacial score (nSPS) is 11.0. The van der Waals surface area contributed by atoms with E-state index in [1.807, 2.05) is 41.8 Å². The van der Waals surface area contributed by atoms with Crippen molar-refractivity contribution in [3.63, 3.8) is 0 Å². The standard InChI is InChI=1S/C20H16N4O3/c1-12-22-17-10-21-23-19(25)18(17)24(12)11-13-6-8-14(9-7-13)15-4-2-3-5-16(15)20(26)27/h2-10H,11H2,1H3,(H,23,25)(H,26,27). The Bertz CT molecular complexity index is 1210. The summed E-state index contributed by atoms with van der Waals surface area (Å²) in [6.07, 6.45) is 1.53. The van der Waals surface area contributed by atoms with Gasteiger partial charge in [0.15, 0.2) is 0 Å². The summed E-state index contributed by atoms with van der Waals surface area (Å²) in [6.45, 7) is 2.33. The van der Waals surface area contributed by atoms with Crippen molar-refractivity contribution in [3.05, 3.63) is 82.0 Å². The van der Waals surface area contributed by atoms with Crippen molar-refractivity contribution in [1.82, 2.24) is 19.7 Å². The number of nitrogens with zero attached hydrogens (tertiary/aromatic N) is 3. The molecule has 0 spiro atoms. The van der Waals surface area contributed by atoms with Gasteiger partial charge in [-0.3, -0.25) is 4.79 Å². The molecule has 0 atom stereocenters. The van der Waals surface area contributed by atoms with Gasteiger partial charge in [0.2, 0.25) is 0 Å². The number of fused-ring (bicyclic) bond motifs is 1. The van der Waals surface area contributed by atoms with E-state index in [2.05, 4.69) is 15.2 Å². The molecule has 134 valence electrons. The van der Waals surface area contributed by atoms with Crippen LogP contribution in [0.25, 0.3) is 22.2 Å². The van der Waals surface area contributed by atoms with Gasteiger partial charge in [-0.15, -0.1) is 0 Å². The van der Waals surface area contributed by atoms with Gasteiger partial charge in [0.25, 0.3) is 5.56 Å². The average Bonchev–Trinajstić information content (AvgIpc) is 2.99. The predicted octanol–water partition coefficient (Wildman–Crippen LogP) is 2.84. The number of carboxylic acid groups (broad SMARTS) is 1. The molecule has 4 rings (SSSR count). The first-order valence-electron chi connectivity index (χ1n) is 8.37. The highest BCUT2D eigenvalue weighted by molar-refractivity contribution is 5.96. The van der Waals surface area contributed by atoms with Crippen molar-refractivity contribution in [2.24, 2.45) is 0 Å². The first kappa shape index (κ1) is 16.7. The van der Waals surface area contributed by atoms with E-state index in [-0.39, 0.29) is 11.1 Å². The molecule has 0 saturated heterocycles. The number of hydrogen-bond donors (Lipinski definition) is 2. The third-order valence-corrected chi connectivity index (χ3v) is 4.52. The molecular weight excluding hydrogens is 344 g/mol. The number of carboxylic acids is 1. The number of aromatic amines is 1. The number of aryl methyl sites for hydroxylation is 1. The zero-order valence-corrected chi connectivity index (χ0v) is 14.5. The lowest BCUT2D eigenvalue weighted by Crippen LogP contribution is -2.13. The van der Waals surface area contributed by atoms with Crippen LogP contribution in [0.1, 0.15) is 21.7 Å². The Balaban J connectivity index is 1.70. The van der Waals surface area contributed by atoms with Gasteiger partial charge in [0.1, 0.15) is 16.9 Å². The van der Waals surface area contributed by atoms with E-state index < -0.39 is 5.97 Å². The van der Waals surface area contributed by atoms with E-state index in [1.165, 1.54) is 6.20 Å². The largest absolute Gasteiger partial charge is 0.478 e. The van der Waals surface area contributed by atoms with Crippen LogP contribution in [0.2, 0.25) is 0 Å². The molecule has 0 amide bonds. The molecule has 0 saturated carbocycles. The monoisotopic (exact) mass is 360 g/mol. The molecule has 0 unspecified atom stereocenters. The topological polar surface area (TPSA) is 101 Å². The maximum Gasteiger partial charge on any atom is 0.336 e. The highest BCUT2D eigenvalue weighted by Gasteiger charge is 2.13. The van der Waals surface area contributed by atoms with Crippen LogP contribution in [0.15, 0.2) is 59.5 Å². The van der Waals surface area contributed by atoms with Gasteiger partial charge in [-0.2, -0.15) is 5.10 Å². The van der Waals surface area contributed by atoms with E-state index in [9.17, 15) is 14.7 Å². The molecule has 2 aromatic carbocycles. The van der Waals surface area contributed by atoms with Crippen molar-refractivity contribution < 1.29 is 9.90 Å². The fourth-order valence-electron chi connectivity index (χ4n) is 3.21. The lowest BCUT2D eigenvalue weighted by molar-refractivity contribution is 0.0697. The molecule has 2 heterocycles. The molecule has 0 aliphatic heterocycles. The number of benzene rings is 2. The second kappa shape index (κ2) is 6.53. The van der Waals surface area contributed by atoms with Gasteiger partial charge in [-0.1, -0.05) is 42.5 Å². The summed E-state index contributed by atoms with van der Waals surface area (Å²) < 4.78 is 1.84. The summed E-state index contributed by atoms with van der Waals surface area (Å²) >= 11 is 0. The maximum atomic E-state index is 12.1. The predicted molar refractivity (Wildman–Crippen MR) is 101 cm³/mol. The first-order chi connectivity index (χ1) is 13.0. The van der Waals surface area contributed by atoms with Crippen molar-refractivity contribution in [1.29, 1.82) is 0 Å². The summed E-state index contributed by atoms with van der Waals surface area (Å²) in [4.78, 5) is 27.9. The third kappa shape index (κ3) is 2.99. The number of hydrogen-bond acceptors (Lipinski definition) is 4. The zero-order valence-electron chi connectivity index (χ0n) is 14.5. The second-order valence-corrected chi connectivity index (χ2v) is 6.23. The van der Waals surface area contributed by atoms with Crippen LogP contribution in [-0.2, 0) is 6.54 Å². The molecule has 7 nitrogen and oxygen atoms in total. The summed E-state index contributed by atoms with van der Waals surface area (Å²) in [6, 6.07) is 14.5. The fourth-order valence-corrected chi connectivity index (χ4v) is 3.21. The Labute approximate surface area is 153 Å². The minimum Gasteiger partial charge on any atom is -0.478 e. The summed E-state index contributed by atoms with van der Waals surface area (Å²) in [5.41, 5.74) is 3.51. The highest BCUT2D eigenvalue weighted by atomic mass is 16.4. The summed E-state index contributed by atoms with van der Waals surface area (Å²) in [7, 11) is 0. The molecule has 0 radical (unpaired) electrons. The van der Waals surface area contributed by atoms with E-state index >= 15 is 0 Å². The smallest absolute Gasteiger partial charge is 0.336 e. The SMILES string of the molecule is Cc1nc2cn[nH]c(=O)c2n1Cc1ccc(-c2ccccc2C(=O)O)cc1. The van der Waals surface area contributed by atoms with Gasteiger partial charge >= 0.3 is 5.97 Å². The first-order valence-corrected chi connectivity index (χ1v) is 8.37. The highest BCUT2D eigenvalue weighted by Crippen LogP contribution is 2.24. The Morgan fingerprint density at radius 3 is 2.63 bits per heavy atom. The Kier molecular flexibility index (Phi) is 4.04. The van der Waals surface area contributed by atoms with Gasteiger partial charge in [-0.05, 0) is 29.7 Å². The minimum atomic E-state index is -0.956.